The minimum absolute atomic E-state index is 0.293. The summed E-state index contributed by atoms with van der Waals surface area (Å²) >= 11 is 3.33. The van der Waals surface area contributed by atoms with E-state index in [9.17, 15) is 5.11 Å². The molecule has 0 saturated carbocycles. The molecule has 3 heteroatoms. The van der Waals surface area contributed by atoms with Gasteiger partial charge in [-0.15, -0.1) is 0 Å². The maximum absolute atomic E-state index is 9.40. The first-order chi connectivity index (χ1) is 7.99. The Morgan fingerprint density at radius 3 is 2.53 bits per heavy atom. The Morgan fingerprint density at radius 2 is 1.94 bits per heavy atom. The summed E-state index contributed by atoms with van der Waals surface area (Å²) in [5.74, 6) is 1.06. The van der Waals surface area contributed by atoms with Crippen LogP contribution < -0.4 is 5.32 Å². The second kappa shape index (κ2) is 7.02. The van der Waals surface area contributed by atoms with E-state index in [1.165, 1.54) is 18.4 Å². The predicted molar refractivity (Wildman–Crippen MR) is 76.2 cm³/mol. The molecule has 2 N–H and O–H groups in total. The van der Waals surface area contributed by atoms with Gasteiger partial charge in [0.15, 0.2) is 0 Å². The van der Waals surface area contributed by atoms with Crippen LogP contribution in [0.1, 0.15) is 39.2 Å². The molecule has 1 unspecified atom stereocenters. The van der Waals surface area contributed by atoms with Crippen molar-refractivity contribution in [2.24, 2.45) is 5.92 Å². The average molecular weight is 300 g/mol. The van der Waals surface area contributed by atoms with E-state index in [1.807, 2.05) is 12.1 Å². The van der Waals surface area contributed by atoms with Gasteiger partial charge in [-0.25, -0.2) is 0 Å². The van der Waals surface area contributed by atoms with Crippen LogP contribution >= 0.6 is 15.9 Å². The summed E-state index contributed by atoms with van der Waals surface area (Å²) in [6.07, 6.45) is 2.46. The van der Waals surface area contributed by atoms with Crippen molar-refractivity contribution in [3.63, 3.8) is 0 Å². The molecule has 0 aliphatic rings. The molecule has 0 amide bonds. The van der Waals surface area contributed by atoms with Gasteiger partial charge in [0.2, 0.25) is 0 Å². The Balaban J connectivity index is 2.36. The summed E-state index contributed by atoms with van der Waals surface area (Å²) < 4.78 is 0.756. The summed E-state index contributed by atoms with van der Waals surface area (Å²) in [6.45, 7) is 7.57. The quantitative estimate of drug-likeness (QED) is 0.830. The molecule has 0 aliphatic heterocycles. The van der Waals surface area contributed by atoms with Crippen molar-refractivity contribution in [2.75, 3.05) is 0 Å². The maximum Gasteiger partial charge on any atom is 0.129 e. The Bertz CT molecular complexity index is 352. The van der Waals surface area contributed by atoms with Crippen LogP contribution in [-0.2, 0) is 6.54 Å². The highest BCUT2D eigenvalue weighted by Gasteiger charge is 2.04. The van der Waals surface area contributed by atoms with Gasteiger partial charge in [0, 0.05) is 12.6 Å². The molecule has 0 spiro atoms. The SMILES string of the molecule is CC(C)CCC(C)NCc1ccc(O)c(Br)c1. The second-order valence-electron chi connectivity index (χ2n) is 5.04. The number of halogens is 1. The summed E-state index contributed by atoms with van der Waals surface area (Å²) in [5, 5.41) is 12.9. The number of benzene rings is 1. The molecule has 1 aromatic carbocycles. The molecular formula is C14H22BrNO. The topological polar surface area (TPSA) is 32.3 Å². The molecule has 2 nitrogen and oxygen atoms in total. The van der Waals surface area contributed by atoms with Crippen LogP contribution in [0.4, 0.5) is 0 Å². The normalized spacial score (nSPS) is 13.0. The molecule has 1 atom stereocenters. The summed E-state index contributed by atoms with van der Waals surface area (Å²) in [4.78, 5) is 0. The molecule has 0 fully saturated rings. The minimum Gasteiger partial charge on any atom is -0.507 e. The lowest BCUT2D eigenvalue weighted by Gasteiger charge is -2.15. The predicted octanol–water partition coefficient (Wildman–Crippen LogP) is 4.07. The van der Waals surface area contributed by atoms with Gasteiger partial charge in [-0.2, -0.15) is 0 Å². The molecule has 0 radical (unpaired) electrons. The largest absolute Gasteiger partial charge is 0.507 e. The van der Waals surface area contributed by atoms with Gasteiger partial charge in [-0.1, -0.05) is 19.9 Å². The van der Waals surface area contributed by atoms with Crippen molar-refractivity contribution in [3.05, 3.63) is 28.2 Å². The first-order valence-electron chi connectivity index (χ1n) is 6.19. The van der Waals surface area contributed by atoms with E-state index in [-0.39, 0.29) is 0 Å². The number of phenols is 1. The van der Waals surface area contributed by atoms with Crippen LogP contribution in [0.5, 0.6) is 5.75 Å². The van der Waals surface area contributed by atoms with E-state index in [4.69, 9.17) is 0 Å². The third kappa shape index (κ3) is 5.55. The van der Waals surface area contributed by atoms with Crippen LogP contribution in [0.25, 0.3) is 0 Å². The highest BCUT2D eigenvalue weighted by atomic mass is 79.9. The number of hydrogen-bond acceptors (Lipinski definition) is 2. The van der Waals surface area contributed by atoms with Gasteiger partial charge >= 0.3 is 0 Å². The first-order valence-corrected chi connectivity index (χ1v) is 6.99. The van der Waals surface area contributed by atoms with Crippen molar-refractivity contribution in [3.8, 4) is 5.75 Å². The number of phenolic OH excluding ortho intramolecular Hbond substituents is 1. The van der Waals surface area contributed by atoms with E-state index >= 15 is 0 Å². The molecule has 0 heterocycles. The fourth-order valence-corrected chi connectivity index (χ4v) is 2.06. The number of hydrogen-bond donors (Lipinski definition) is 2. The van der Waals surface area contributed by atoms with Crippen LogP contribution in [0.15, 0.2) is 22.7 Å². The summed E-state index contributed by atoms with van der Waals surface area (Å²) in [7, 11) is 0. The zero-order valence-electron chi connectivity index (χ0n) is 10.8. The van der Waals surface area contributed by atoms with E-state index in [0.29, 0.717) is 11.8 Å². The monoisotopic (exact) mass is 299 g/mol. The minimum atomic E-state index is 0.293. The summed E-state index contributed by atoms with van der Waals surface area (Å²) in [6, 6.07) is 6.16. The number of aromatic hydroxyl groups is 1. The molecule has 1 rings (SSSR count). The number of rotatable bonds is 6. The highest BCUT2D eigenvalue weighted by molar-refractivity contribution is 9.10. The van der Waals surface area contributed by atoms with Gasteiger partial charge in [0.25, 0.3) is 0 Å². The van der Waals surface area contributed by atoms with Gasteiger partial charge in [0.05, 0.1) is 4.47 Å². The van der Waals surface area contributed by atoms with Crippen LogP contribution in [-0.4, -0.2) is 11.1 Å². The Labute approximate surface area is 113 Å². The van der Waals surface area contributed by atoms with Crippen LogP contribution in [0.3, 0.4) is 0 Å². The lowest BCUT2D eigenvalue weighted by molar-refractivity contribution is 0.450. The highest BCUT2D eigenvalue weighted by Crippen LogP contribution is 2.24. The van der Waals surface area contributed by atoms with Gasteiger partial charge in [-0.3, -0.25) is 0 Å². The Morgan fingerprint density at radius 1 is 1.24 bits per heavy atom. The lowest BCUT2D eigenvalue weighted by Crippen LogP contribution is -2.25. The third-order valence-corrected chi connectivity index (χ3v) is 3.48. The Hall–Kier alpha value is -0.540. The molecule has 0 aromatic heterocycles. The second-order valence-corrected chi connectivity index (χ2v) is 5.89. The van der Waals surface area contributed by atoms with Crippen LogP contribution in [0.2, 0.25) is 0 Å². The standard InChI is InChI=1S/C14H22BrNO/c1-10(2)4-5-11(3)16-9-12-6-7-14(17)13(15)8-12/h6-8,10-11,16-17H,4-5,9H2,1-3H3. The Kier molecular flexibility index (Phi) is 6.00. The van der Waals surface area contributed by atoms with Crippen molar-refractivity contribution >= 4 is 15.9 Å². The van der Waals surface area contributed by atoms with E-state index < -0.39 is 0 Å². The molecule has 96 valence electrons. The first kappa shape index (κ1) is 14.5. The van der Waals surface area contributed by atoms with Gasteiger partial charge in [0.1, 0.15) is 5.75 Å². The number of nitrogens with one attached hydrogen (secondary N) is 1. The molecule has 17 heavy (non-hydrogen) atoms. The molecule has 1 aromatic rings. The zero-order valence-corrected chi connectivity index (χ0v) is 12.4. The molecule has 0 bridgehead atoms. The fraction of sp³-hybridized carbons (Fsp3) is 0.571. The lowest BCUT2D eigenvalue weighted by atomic mass is 10.0. The van der Waals surface area contributed by atoms with E-state index in [1.54, 1.807) is 6.07 Å². The third-order valence-electron chi connectivity index (χ3n) is 2.84. The zero-order chi connectivity index (χ0) is 12.8. The van der Waals surface area contributed by atoms with Crippen molar-refractivity contribution in [2.45, 2.75) is 46.2 Å². The maximum atomic E-state index is 9.40. The van der Waals surface area contributed by atoms with Crippen LogP contribution in [0, 0.1) is 5.92 Å². The van der Waals surface area contributed by atoms with Crippen molar-refractivity contribution < 1.29 is 5.11 Å². The smallest absolute Gasteiger partial charge is 0.129 e. The molecule has 0 aliphatic carbocycles. The summed E-state index contributed by atoms with van der Waals surface area (Å²) in [5.41, 5.74) is 1.19. The average Bonchev–Trinajstić information content (AvgIpc) is 2.28. The van der Waals surface area contributed by atoms with Crippen molar-refractivity contribution in [1.29, 1.82) is 0 Å². The van der Waals surface area contributed by atoms with E-state index in [0.717, 1.165) is 16.9 Å². The molecule has 0 saturated heterocycles. The van der Waals surface area contributed by atoms with E-state index in [2.05, 4.69) is 42.0 Å². The van der Waals surface area contributed by atoms with Crippen molar-refractivity contribution in [1.82, 2.24) is 5.32 Å². The fourth-order valence-electron chi connectivity index (χ4n) is 1.64. The molecular weight excluding hydrogens is 278 g/mol. The van der Waals surface area contributed by atoms with Gasteiger partial charge in [-0.05, 0) is 59.3 Å². The van der Waals surface area contributed by atoms with Gasteiger partial charge < -0.3 is 10.4 Å².